The largest absolute Gasteiger partial charge is 0.493 e. The highest BCUT2D eigenvalue weighted by molar-refractivity contribution is 5.50. The van der Waals surface area contributed by atoms with E-state index in [4.69, 9.17) is 18.9 Å². The first kappa shape index (κ1) is 26.3. The summed E-state index contributed by atoms with van der Waals surface area (Å²) in [5.74, 6) is 9.51. The molecule has 0 spiro atoms. The lowest BCUT2D eigenvalue weighted by Crippen LogP contribution is -2.33. The quantitative estimate of drug-likeness (QED) is 0.492. The van der Waals surface area contributed by atoms with Crippen molar-refractivity contribution < 1.29 is 18.9 Å². The summed E-state index contributed by atoms with van der Waals surface area (Å²) in [5.41, 5.74) is 2.75. The number of likely N-dealkylation sites (N-methyl/N-ethyl adjacent to an activating group) is 1. The third kappa shape index (κ3) is 5.34. The van der Waals surface area contributed by atoms with Crippen molar-refractivity contribution in [1.82, 2.24) is 4.90 Å². The van der Waals surface area contributed by atoms with Gasteiger partial charge in [-0.15, -0.1) is 0 Å². The van der Waals surface area contributed by atoms with Gasteiger partial charge in [-0.2, -0.15) is 5.26 Å². The Morgan fingerprint density at radius 2 is 1.43 bits per heavy atom. The maximum atomic E-state index is 10.2. The Balaban J connectivity index is 1.72. The molecule has 6 heteroatoms. The van der Waals surface area contributed by atoms with Crippen LogP contribution in [-0.4, -0.2) is 53.0 Å². The minimum Gasteiger partial charge on any atom is -0.493 e. The maximum absolute atomic E-state index is 10.2. The number of rotatable bonds is 9. The van der Waals surface area contributed by atoms with E-state index >= 15 is 0 Å². The molecule has 0 fully saturated rings. The molecular formula is C29H36N2O4. The van der Waals surface area contributed by atoms with Crippen LogP contribution in [0, 0.1) is 29.1 Å². The van der Waals surface area contributed by atoms with Crippen molar-refractivity contribution in [2.24, 2.45) is 5.92 Å². The summed E-state index contributed by atoms with van der Waals surface area (Å²) in [5, 5.41) is 10.2. The Morgan fingerprint density at radius 1 is 0.886 bits per heavy atom. The van der Waals surface area contributed by atoms with E-state index in [0.717, 1.165) is 29.9 Å². The van der Waals surface area contributed by atoms with Crippen molar-refractivity contribution in [1.29, 1.82) is 5.26 Å². The Morgan fingerprint density at radius 3 is 1.91 bits per heavy atom. The molecule has 1 atom stereocenters. The van der Waals surface area contributed by atoms with Gasteiger partial charge < -0.3 is 18.9 Å². The first-order chi connectivity index (χ1) is 16.8. The summed E-state index contributed by atoms with van der Waals surface area (Å²) >= 11 is 0. The maximum Gasteiger partial charge on any atom is 0.161 e. The van der Waals surface area contributed by atoms with E-state index < -0.39 is 5.41 Å². The van der Waals surface area contributed by atoms with Crippen LogP contribution < -0.4 is 18.9 Å². The Bertz CT molecular complexity index is 1110. The molecule has 0 N–H and O–H groups in total. The van der Waals surface area contributed by atoms with Gasteiger partial charge in [0.25, 0.3) is 0 Å². The summed E-state index contributed by atoms with van der Waals surface area (Å²) in [6, 6.07) is 12.8. The minimum absolute atomic E-state index is 0.0759. The topological polar surface area (TPSA) is 64.0 Å². The van der Waals surface area contributed by atoms with E-state index in [2.05, 4.69) is 55.8 Å². The molecule has 35 heavy (non-hydrogen) atoms. The zero-order valence-corrected chi connectivity index (χ0v) is 21.9. The van der Waals surface area contributed by atoms with Gasteiger partial charge in [0, 0.05) is 12.5 Å². The predicted molar refractivity (Wildman–Crippen MR) is 137 cm³/mol. The summed E-state index contributed by atoms with van der Waals surface area (Å²) in [7, 11) is 8.65. The number of methoxy groups -OCH3 is 4. The Labute approximate surface area is 209 Å². The molecule has 0 saturated carbocycles. The van der Waals surface area contributed by atoms with Gasteiger partial charge in [-0.05, 0) is 66.8 Å². The summed E-state index contributed by atoms with van der Waals surface area (Å²) in [6.45, 7) is 4.76. The molecular weight excluding hydrogens is 440 g/mol. The minimum atomic E-state index is -0.734. The number of hydrogen-bond acceptors (Lipinski definition) is 6. The average molecular weight is 477 g/mol. The predicted octanol–water partition coefficient (Wildman–Crippen LogP) is 4.63. The summed E-state index contributed by atoms with van der Waals surface area (Å²) in [4.78, 5) is 2.28. The van der Waals surface area contributed by atoms with Gasteiger partial charge in [0.1, 0.15) is 0 Å². The van der Waals surface area contributed by atoms with Crippen LogP contribution in [-0.2, 0) is 18.3 Å². The molecule has 3 rings (SSSR count). The van der Waals surface area contributed by atoms with Crippen molar-refractivity contribution in [2.45, 2.75) is 44.6 Å². The van der Waals surface area contributed by atoms with Gasteiger partial charge in [0.2, 0.25) is 0 Å². The van der Waals surface area contributed by atoms with Gasteiger partial charge in [-0.3, -0.25) is 4.90 Å². The third-order valence-electron chi connectivity index (χ3n) is 7.14. The molecule has 0 aromatic heterocycles. The van der Waals surface area contributed by atoms with E-state index in [9.17, 15) is 5.26 Å². The lowest BCUT2D eigenvalue weighted by atomic mass is 9.70. The number of nitriles is 1. The van der Waals surface area contributed by atoms with Gasteiger partial charge in [0.05, 0.1) is 46.5 Å². The van der Waals surface area contributed by atoms with Crippen molar-refractivity contribution >= 4 is 0 Å². The molecule has 2 aromatic carbocycles. The molecule has 1 aliphatic carbocycles. The van der Waals surface area contributed by atoms with Crippen LogP contribution in [0.4, 0.5) is 0 Å². The van der Waals surface area contributed by atoms with Crippen molar-refractivity contribution in [2.75, 3.05) is 42.0 Å². The Hall–Kier alpha value is -3.35. The molecule has 0 aliphatic heterocycles. The van der Waals surface area contributed by atoms with Crippen LogP contribution in [0.25, 0.3) is 0 Å². The number of hydrogen-bond donors (Lipinski definition) is 0. The van der Waals surface area contributed by atoms with Crippen molar-refractivity contribution in [3.05, 3.63) is 47.0 Å². The van der Waals surface area contributed by atoms with E-state index in [0.29, 0.717) is 30.5 Å². The molecule has 0 saturated heterocycles. The zero-order chi connectivity index (χ0) is 25.6. The SMILES string of the molecule is COc1ccc(C(C#N)(CC#CCN(C)C2Cc3cc(OC)c(OC)cc3C2)C(C)C)cc1OC. The smallest absolute Gasteiger partial charge is 0.161 e. The molecule has 1 unspecified atom stereocenters. The van der Waals surface area contributed by atoms with Gasteiger partial charge in [-0.25, -0.2) is 0 Å². The number of nitrogens with zero attached hydrogens (tertiary/aromatic N) is 2. The summed E-state index contributed by atoms with van der Waals surface area (Å²) < 4.78 is 21.8. The van der Waals surface area contributed by atoms with Gasteiger partial charge >= 0.3 is 0 Å². The third-order valence-corrected chi connectivity index (χ3v) is 7.14. The lowest BCUT2D eigenvalue weighted by molar-refractivity contribution is 0.278. The molecule has 0 radical (unpaired) electrons. The molecule has 186 valence electrons. The number of ether oxygens (including phenoxy) is 4. The van der Waals surface area contributed by atoms with E-state index in [1.807, 2.05) is 18.2 Å². The fraction of sp³-hybridized carbons (Fsp3) is 0.483. The van der Waals surface area contributed by atoms with Crippen LogP contribution in [0.15, 0.2) is 30.3 Å². The van der Waals surface area contributed by atoms with Crippen LogP contribution >= 0.6 is 0 Å². The van der Waals surface area contributed by atoms with Crippen molar-refractivity contribution in [3.8, 4) is 40.9 Å². The van der Waals surface area contributed by atoms with Crippen LogP contribution in [0.3, 0.4) is 0 Å². The van der Waals surface area contributed by atoms with Gasteiger partial charge in [-0.1, -0.05) is 31.8 Å². The number of fused-ring (bicyclic) bond motifs is 1. The van der Waals surface area contributed by atoms with Crippen LogP contribution in [0.5, 0.6) is 23.0 Å². The van der Waals surface area contributed by atoms with Crippen LogP contribution in [0.1, 0.15) is 37.0 Å². The molecule has 1 aliphatic rings. The average Bonchev–Trinajstić information content (AvgIpc) is 3.30. The van der Waals surface area contributed by atoms with E-state index in [1.54, 1.807) is 28.4 Å². The highest BCUT2D eigenvalue weighted by atomic mass is 16.5. The lowest BCUT2D eigenvalue weighted by Gasteiger charge is -2.30. The fourth-order valence-corrected chi connectivity index (χ4v) is 4.73. The molecule has 6 nitrogen and oxygen atoms in total. The highest BCUT2D eigenvalue weighted by Crippen LogP contribution is 2.39. The van der Waals surface area contributed by atoms with Crippen LogP contribution in [0.2, 0.25) is 0 Å². The monoisotopic (exact) mass is 476 g/mol. The number of benzene rings is 2. The first-order valence-corrected chi connectivity index (χ1v) is 11.9. The van der Waals surface area contributed by atoms with Crippen molar-refractivity contribution in [3.63, 3.8) is 0 Å². The van der Waals surface area contributed by atoms with E-state index in [-0.39, 0.29) is 5.92 Å². The zero-order valence-electron chi connectivity index (χ0n) is 21.9. The second-order valence-corrected chi connectivity index (χ2v) is 9.29. The fourth-order valence-electron chi connectivity index (χ4n) is 4.73. The molecule has 0 amide bonds. The molecule has 2 aromatic rings. The Kier molecular flexibility index (Phi) is 8.54. The second kappa shape index (κ2) is 11.4. The normalized spacial score (nSPS) is 14.5. The van der Waals surface area contributed by atoms with Gasteiger partial charge in [0.15, 0.2) is 23.0 Å². The first-order valence-electron chi connectivity index (χ1n) is 11.9. The standard InChI is InChI=1S/C29H36N2O4/c1-20(2)29(19-30,23-10-11-25(32-4)28(18-23)35-7)12-8-9-13-31(3)24-14-21-16-26(33-5)27(34-6)17-22(21)15-24/h10-11,16-18,20,24H,12-15H2,1-7H3. The molecule has 0 heterocycles. The summed E-state index contributed by atoms with van der Waals surface area (Å²) in [6.07, 6.45) is 2.35. The van der Waals surface area contributed by atoms with E-state index in [1.165, 1.54) is 11.1 Å². The second-order valence-electron chi connectivity index (χ2n) is 9.29. The highest BCUT2D eigenvalue weighted by Gasteiger charge is 2.36. The molecule has 0 bridgehead atoms.